The van der Waals surface area contributed by atoms with Gasteiger partial charge in [0.2, 0.25) is 5.91 Å². The van der Waals surface area contributed by atoms with E-state index in [9.17, 15) is 14.0 Å². The number of halogens is 1. The van der Waals surface area contributed by atoms with Crippen molar-refractivity contribution in [2.24, 2.45) is 0 Å². The van der Waals surface area contributed by atoms with Gasteiger partial charge in [0.1, 0.15) is 17.6 Å². The van der Waals surface area contributed by atoms with Crippen LogP contribution in [-0.4, -0.2) is 35.9 Å². The number of hydrogen-bond donors (Lipinski definition) is 1. The Balaban J connectivity index is 1.90. The van der Waals surface area contributed by atoms with Crippen molar-refractivity contribution in [2.75, 3.05) is 13.2 Å². The molecule has 0 saturated heterocycles. The van der Waals surface area contributed by atoms with Crippen molar-refractivity contribution in [2.45, 2.75) is 46.2 Å². The molecule has 0 spiro atoms. The maximum Gasteiger partial charge on any atom is 0.261 e. The topological polar surface area (TPSA) is 58.6 Å². The Bertz CT molecular complexity index is 1130. The zero-order chi connectivity index (χ0) is 25.2. The molecule has 0 bridgehead atoms. The van der Waals surface area contributed by atoms with Crippen LogP contribution in [0.5, 0.6) is 5.75 Å². The average Bonchev–Trinajstić information content (AvgIpc) is 2.86. The second-order valence-electron chi connectivity index (χ2n) is 8.64. The minimum absolute atomic E-state index is 0.0428. The van der Waals surface area contributed by atoms with E-state index in [1.165, 1.54) is 11.0 Å². The lowest BCUT2D eigenvalue weighted by Crippen LogP contribution is -2.52. The molecule has 35 heavy (non-hydrogen) atoms. The first-order valence-corrected chi connectivity index (χ1v) is 11.9. The second-order valence-corrected chi connectivity index (χ2v) is 8.64. The van der Waals surface area contributed by atoms with Gasteiger partial charge in [0, 0.05) is 25.1 Å². The van der Waals surface area contributed by atoms with E-state index in [-0.39, 0.29) is 25.0 Å². The summed E-state index contributed by atoms with van der Waals surface area (Å²) in [6.45, 7) is 6.13. The van der Waals surface area contributed by atoms with E-state index < -0.39 is 11.9 Å². The summed E-state index contributed by atoms with van der Waals surface area (Å²) in [6.07, 6.45) is 1.07. The van der Waals surface area contributed by atoms with Crippen molar-refractivity contribution in [1.82, 2.24) is 10.2 Å². The molecule has 2 amide bonds. The Morgan fingerprint density at radius 1 is 0.971 bits per heavy atom. The van der Waals surface area contributed by atoms with E-state index in [2.05, 4.69) is 5.32 Å². The van der Waals surface area contributed by atoms with Gasteiger partial charge >= 0.3 is 0 Å². The molecule has 1 atom stereocenters. The summed E-state index contributed by atoms with van der Waals surface area (Å²) in [5.74, 6) is -0.513. The molecule has 184 valence electrons. The third-order valence-electron chi connectivity index (χ3n) is 5.96. The molecule has 1 unspecified atom stereocenters. The lowest BCUT2D eigenvalue weighted by Gasteiger charge is -2.31. The molecular formula is C29H33FN2O3. The summed E-state index contributed by atoms with van der Waals surface area (Å²) in [5, 5.41) is 2.91. The molecule has 6 heteroatoms. The molecule has 3 aromatic carbocycles. The van der Waals surface area contributed by atoms with Gasteiger partial charge in [0.25, 0.3) is 5.91 Å². The molecule has 0 fully saturated rings. The van der Waals surface area contributed by atoms with Crippen LogP contribution in [0.1, 0.15) is 35.6 Å². The zero-order valence-corrected chi connectivity index (χ0v) is 20.6. The first-order chi connectivity index (χ1) is 16.9. The SMILES string of the molecule is CCCNC(=O)C(Cc1ccccc1)N(Cc1ccccc1F)C(=O)COc1ccc(C)c(C)c1. The second kappa shape index (κ2) is 12.7. The van der Waals surface area contributed by atoms with Crippen molar-refractivity contribution < 1.29 is 18.7 Å². The number of aryl methyl sites for hydroxylation is 2. The number of benzene rings is 3. The van der Waals surface area contributed by atoms with Crippen LogP contribution in [-0.2, 0) is 22.6 Å². The highest BCUT2D eigenvalue weighted by atomic mass is 19.1. The normalized spacial score (nSPS) is 11.5. The van der Waals surface area contributed by atoms with Gasteiger partial charge in [0.15, 0.2) is 6.61 Å². The van der Waals surface area contributed by atoms with Crippen LogP contribution in [0.2, 0.25) is 0 Å². The molecule has 0 aliphatic heterocycles. The van der Waals surface area contributed by atoms with Crippen molar-refractivity contribution in [1.29, 1.82) is 0 Å². The highest BCUT2D eigenvalue weighted by molar-refractivity contribution is 5.88. The van der Waals surface area contributed by atoms with Crippen LogP contribution < -0.4 is 10.1 Å². The van der Waals surface area contributed by atoms with E-state index in [4.69, 9.17) is 4.74 Å². The predicted octanol–water partition coefficient (Wildman–Crippen LogP) is 4.99. The maximum absolute atomic E-state index is 14.6. The van der Waals surface area contributed by atoms with E-state index in [1.54, 1.807) is 18.2 Å². The fourth-order valence-electron chi connectivity index (χ4n) is 3.76. The Kier molecular flexibility index (Phi) is 9.41. The number of nitrogens with one attached hydrogen (secondary N) is 1. The molecule has 3 rings (SSSR count). The third kappa shape index (κ3) is 7.41. The van der Waals surface area contributed by atoms with Gasteiger partial charge in [-0.2, -0.15) is 0 Å². The lowest BCUT2D eigenvalue weighted by atomic mass is 10.0. The molecule has 0 aliphatic carbocycles. The molecule has 5 nitrogen and oxygen atoms in total. The zero-order valence-electron chi connectivity index (χ0n) is 20.6. The summed E-state index contributed by atoms with van der Waals surface area (Å²) >= 11 is 0. The summed E-state index contributed by atoms with van der Waals surface area (Å²) < 4.78 is 20.4. The minimum Gasteiger partial charge on any atom is -0.484 e. The third-order valence-corrected chi connectivity index (χ3v) is 5.96. The van der Waals surface area contributed by atoms with Gasteiger partial charge in [-0.05, 0) is 55.2 Å². The summed E-state index contributed by atoms with van der Waals surface area (Å²) in [5.41, 5.74) is 3.43. The maximum atomic E-state index is 14.6. The first kappa shape index (κ1) is 25.9. The van der Waals surface area contributed by atoms with Crippen LogP contribution in [0.3, 0.4) is 0 Å². The van der Waals surface area contributed by atoms with Crippen molar-refractivity contribution >= 4 is 11.8 Å². The number of nitrogens with zero attached hydrogens (tertiary/aromatic N) is 1. The van der Waals surface area contributed by atoms with Gasteiger partial charge in [-0.25, -0.2) is 4.39 Å². The fourth-order valence-corrected chi connectivity index (χ4v) is 3.76. The largest absolute Gasteiger partial charge is 0.484 e. The average molecular weight is 477 g/mol. The van der Waals surface area contributed by atoms with E-state index >= 15 is 0 Å². The van der Waals surface area contributed by atoms with E-state index in [1.807, 2.05) is 69.3 Å². The monoisotopic (exact) mass is 476 g/mol. The molecule has 0 aliphatic rings. The molecule has 0 aromatic heterocycles. The predicted molar refractivity (Wildman–Crippen MR) is 136 cm³/mol. The van der Waals surface area contributed by atoms with Crippen molar-refractivity contribution in [3.05, 3.63) is 101 Å². The quantitative estimate of drug-likeness (QED) is 0.424. The van der Waals surface area contributed by atoms with Gasteiger partial charge < -0.3 is 15.0 Å². The van der Waals surface area contributed by atoms with Crippen LogP contribution in [0.15, 0.2) is 72.8 Å². The van der Waals surface area contributed by atoms with E-state index in [0.29, 0.717) is 24.3 Å². The number of hydrogen-bond acceptors (Lipinski definition) is 3. The lowest BCUT2D eigenvalue weighted by molar-refractivity contribution is -0.142. The highest BCUT2D eigenvalue weighted by Crippen LogP contribution is 2.19. The standard InChI is InChI=1S/C29H33FN2O3/c1-4-16-31-29(34)27(18-23-10-6-5-7-11-23)32(19-24-12-8-9-13-26(24)30)28(33)20-35-25-15-14-21(2)22(3)17-25/h5-15,17,27H,4,16,18-20H2,1-3H3,(H,31,34). The van der Waals surface area contributed by atoms with Gasteiger partial charge in [-0.1, -0.05) is 61.5 Å². The minimum atomic E-state index is -0.820. The Morgan fingerprint density at radius 2 is 1.69 bits per heavy atom. The van der Waals surface area contributed by atoms with Crippen LogP contribution >= 0.6 is 0 Å². The van der Waals surface area contributed by atoms with E-state index in [0.717, 1.165) is 23.1 Å². The molecule has 0 saturated carbocycles. The number of ether oxygens (including phenoxy) is 1. The highest BCUT2D eigenvalue weighted by Gasteiger charge is 2.31. The molecule has 1 N–H and O–H groups in total. The number of carbonyl (C=O) groups excluding carboxylic acids is 2. The Morgan fingerprint density at radius 3 is 2.37 bits per heavy atom. The number of carbonyl (C=O) groups is 2. The van der Waals surface area contributed by atoms with Crippen LogP contribution in [0.25, 0.3) is 0 Å². The van der Waals surface area contributed by atoms with Gasteiger partial charge in [0.05, 0.1) is 0 Å². The summed E-state index contributed by atoms with van der Waals surface area (Å²) in [7, 11) is 0. The van der Waals surface area contributed by atoms with Crippen molar-refractivity contribution in [3.63, 3.8) is 0 Å². The van der Waals surface area contributed by atoms with Gasteiger partial charge in [-0.15, -0.1) is 0 Å². The first-order valence-electron chi connectivity index (χ1n) is 11.9. The number of amides is 2. The van der Waals surface area contributed by atoms with Crippen LogP contribution in [0, 0.1) is 19.7 Å². The van der Waals surface area contributed by atoms with Crippen LogP contribution in [0.4, 0.5) is 4.39 Å². The Hall–Kier alpha value is -3.67. The fraction of sp³-hybridized carbons (Fsp3) is 0.310. The van der Waals surface area contributed by atoms with Gasteiger partial charge in [-0.3, -0.25) is 9.59 Å². The molecule has 0 radical (unpaired) electrons. The summed E-state index contributed by atoms with van der Waals surface area (Å²) in [4.78, 5) is 28.2. The molecule has 0 heterocycles. The Labute approximate surface area is 206 Å². The number of rotatable bonds is 11. The molecular weight excluding hydrogens is 443 g/mol. The van der Waals surface area contributed by atoms with Crippen molar-refractivity contribution in [3.8, 4) is 5.75 Å². The molecule has 3 aromatic rings. The smallest absolute Gasteiger partial charge is 0.261 e. The summed E-state index contributed by atoms with van der Waals surface area (Å²) in [6, 6.07) is 20.6.